The standard InChI is InChI=1S/C13H11BrFN5/c1-8(9-4-10(15)6-16-5-9)19-13-12-11(14)7-18-20(12)3-2-17-13/h2-8H,1H3,(H,17,19)/t8-/m0/s1. The van der Waals surface area contributed by atoms with Crippen LogP contribution in [0.15, 0.2) is 41.5 Å². The van der Waals surface area contributed by atoms with E-state index >= 15 is 0 Å². The molecule has 0 aliphatic rings. The molecular formula is C13H11BrFN5. The average Bonchev–Trinajstić information content (AvgIpc) is 2.82. The number of hydrogen-bond acceptors (Lipinski definition) is 4. The fourth-order valence-corrected chi connectivity index (χ4v) is 2.43. The highest BCUT2D eigenvalue weighted by Gasteiger charge is 2.12. The molecule has 102 valence electrons. The SMILES string of the molecule is C[C@H](Nc1nccn2ncc(Br)c12)c1cncc(F)c1. The minimum absolute atomic E-state index is 0.126. The number of hydrogen-bond donors (Lipinski definition) is 1. The van der Waals surface area contributed by atoms with Crippen molar-refractivity contribution in [1.82, 2.24) is 19.6 Å². The number of nitrogens with one attached hydrogen (secondary N) is 1. The van der Waals surface area contributed by atoms with Crippen molar-refractivity contribution in [2.24, 2.45) is 0 Å². The molecule has 0 unspecified atom stereocenters. The molecule has 0 bridgehead atoms. The van der Waals surface area contributed by atoms with E-state index in [9.17, 15) is 4.39 Å². The number of fused-ring (bicyclic) bond motifs is 1. The summed E-state index contributed by atoms with van der Waals surface area (Å²) in [6.07, 6.45) is 7.94. The molecule has 3 heterocycles. The van der Waals surface area contributed by atoms with E-state index in [0.717, 1.165) is 15.6 Å². The molecule has 20 heavy (non-hydrogen) atoms. The van der Waals surface area contributed by atoms with Crippen molar-refractivity contribution in [2.45, 2.75) is 13.0 Å². The van der Waals surface area contributed by atoms with Crippen LogP contribution in [0.1, 0.15) is 18.5 Å². The molecule has 5 nitrogen and oxygen atoms in total. The van der Waals surface area contributed by atoms with Crippen LogP contribution >= 0.6 is 15.9 Å². The van der Waals surface area contributed by atoms with E-state index in [1.54, 1.807) is 29.3 Å². The van der Waals surface area contributed by atoms with Crippen LogP contribution in [0, 0.1) is 5.82 Å². The maximum absolute atomic E-state index is 13.2. The first-order valence-electron chi connectivity index (χ1n) is 6.00. The molecule has 3 aromatic heterocycles. The molecule has 0 aliphatic heterocycles. The average molecular weight is 336 g/mol. The first-order valence-corrected chi connectivity index (χ1v) is 6.79. The quantitative estimate of drug-likeness (QED) is 0.798. The smallest absolute Gasteiger partial charge is 0.153 e. The van der Waals surface area contributed by atoms with Crippen LogP contribution in [-0.4, -0.2) is 19.6 Å². The Morgan fingerprint density at radius 2 is 2.20 bits per heavy atom. The zero-order valence-corrected chi connectivity index (χ0v) is 12.2. The lowest BCUT2D eigenvalue weighted by molar-refractivity contribution is 0.616. The first-order chi connectivity index (χ1) is 9.65. The second-order valence-corrected chi connectivity index (χ2v) is 5.22. The maximum Gasteiger partial charge on any atom is 0.153 e. The Morgan fingerprint density at radius 1 is 1.35 bits per heavy atom. The van der Waals surface area contributed by atoms with Crippen LogP contribution in [0.4, 0.5) is 10.2 Å². The van der Waals surface area contributed by atoms with Gasteiger partial charge in [-0.15, -0.1) is 0 Å². The van der Waals surface area contributed by atoms with Crippen molar-refractivity contribution in [2.75, 3.05) is 5.32 Å². The van der Waals surface area contributed by atoms with Gasteiger partial charge in [-0.1, -0.05) is 0 Å². The van der Waals surface area contributed by atoms with E-state index in [2.05, 4.69) is 36.3 Å². The summed E-state index contributed by atoms with van der Waals surface area (Å²) in [6.45, 7) is 1.92. The van der Waals surface area contributed by atoms with Gasteiger partial charge in [-0.2, -0.15) is 5.10 Å². The highest BCUT2D eigenvalue weighted by molar-refractivity contribution is 9.10. The summed E-state index contributed by atoms with van der Waals surface area (Å²) in [4.78, 5) is 8.17. The summed E-state index contributed by atoms with van der Waals surface area (Å²) < 4.78 is 15.8. The van der Waals surface area contributed by atoms with Gasteiger partial charge in [-0.3, -0.25) is 4.98 Å². The van der Waals surface area contributed by atoms with Crippen LogP contribution < -0.4 is 5.32 Å². The van der Waals surface area contributed by atoms with Crippen molar-refractivity contribution in [3.05, 3.63) is 52.9 Å². The van der Waals surface area contributed by atoms with Crippen LogP contribution in [0.3, 0.4) is 0 Å². The third-order valence-corrected chi connectivity index (χ3v) is 3.55. The Balaban J connectivity index is 1.95. The minimum Gasteiger partial charge on any atom is -0.362 e. The molecule has 0 saturated heterocycles. The Labute approximate surface area is 123 Å². The molecular weight excluding hydrogens is 325 g/mol. The van der Waals surface area contributed by atoms with Gasteiger partial charge >= 0.3 is 0 Å². The summed E-state index contributed by atoms with van der Waals surface area (Å²) in [5.41, 5.74) is 1.59. The van der Waals surface area contributed by atoms with Gasteiger partial charge in [0.25, 0.3) is 0 Å². The van der Waals surface area contributed by atoms with Crippen LogP contribution in [0.25, 0.3) is 5.52 Å². The summed E-state index contributed by atoms with van der Waals surface area (Å²) in [7, 11) is 0. The van der Waals surface area contributed by atoms with Gasteiger partial charge in [0.15, 0.2) is 5.82 Å². The molecule has 1 atom stereocenters. The summed E-state index contributed by atoms with van der Waals surface area (Å²) in [5, 5.41) is 7.44. The summed E-state index contributed by atoms with van der Waals surface area (Å²) in [5.74, 6) is 0.321. The van der Waals surface area contributed by atoms with Gasteiger partial charge in [0.1, 0.15) is 11.3 Å². The van der Waals surface area contributed by atoms with Crippen LogP contribution in [0.2, 0.25) is 0 Å². The van der Waals surface area contributed by atoms with Crippen LogP contribution in [-0.2, 0) is 0 Å². The zero-order valence-electron chi connectivity index (χ0n) is 10.6. The molecule has 0 aromatic carbocycles. The molecule has 7 heteroatoms. The zero-order chi connectivity index (χ0) is 14.1. The first kappa shape index (κ1) is 13.0. The largest absolute Gasteiger partial charge is 0.362 e. The molecule has 0 spiro atoms. The molecule has 1 N–H and O–H groups in total. The van der Waals surface area contributed by atoms with Gasteiger partial charge in [-0.05, 0) is 34.5 Å². The summed E-state index contributed by atoms with van der Waals surface area (Å²) in [6, 6.07) is 1.33. The Hall–Kier alpha value is -2.02. The second-order valence-electron chi connectivity index (χ2n) is 4.36. The van der Waals surface area contributed by atoms with E-state index < -0.39 is 0 Å². The minimum atomic E-state index is -0.354. The molecule has 0 aliphatic carbocycles. The molecule has 0 fully saturated rings. The van der Waals surface area contributed by atoms with E-state index in [4.69, 9.17) is 0 Å². The lowest BCUT2D eigenvalue weighted by Crippen LogP contribution is -2.10. The Morgan fingerprint density at radius 3 is 3.00 bits per heavy atom. The van der Waals surface area contributed by atoms with E-state index in [1.807, 2.05) is 6.92 Å². The van der Waals surface area contributed by atoms with Gasteiger partial charge in [0.05, 0.1) is 22.9 Å². The molecule has 0 amide bonds. The van der Waals surface area contributed by atoms with Crippen molar-refractivity contribution >= 4 is 27.3 Å². The normalized spacial score (nSPS) is 12.6. The number of anilines is 1. The van der Waals surface area contributed by atoms with Crippen LogP contribution in [0.5, 0.6) is 0 Å². The van der Waals surface area contributed by atoms with Crippen molar-refractivity contribution < 1.29 is 4.39 Å². The summed E-state index contributed by atoms with van der Waals surface area (Å²) >= 11 is 3.44. The third-order valence-electron chi connectivity index (χ3n) is 2.97. The second kappa shape index (κ2) is 5.16. The maximum atomic E-state index is 13.2. The van der Waals surface area contributed by atoms with Gasteiger partial charge in [-0.25, -0.2) is 13.9 Å². The van der Waals surface area contributed by atoms with E-state index in [-0.39, 0.29) is 11.9 Å². The predicted molar refractivity (Wildman–Crippen MR) is 76.9 cm³/mol. The van der Waals surface area contributed by atoms with Crippen molar-refractivity contribution in [3.8, 4) is 0 Å². The number of halogens is 2. The lowest BCUT2D eigenvalue weighted by atomic mass is 10.1. The van der Waals surface area contributed by atoms with Crippen molar-refractivity contribution in [1.29, 1.82) is 0 Å². The molecule has 3 aromatic rings. The van der Waals surface area contributed by atoms with E-state index in [1.165, 1.54) is 12.3 Å². The monoisotopic (exact) mass is 335 g/mol. The Kier molecular flexibility index (Phi) is 3.35. The fourth-order valence-electron chi connectivity index (χ4n) is 1.97. The highest BCUT2D eigenvalue weighted by atomic mass is 79.9. The molecule has 0 saturated carbocycles. The van der Waals surface area contributed by atoms with Gasteiger partial charge in [0, 0.05) is 18.6 Å². The lowest BCUT2D eigenvalue weighted by Gasteiger charge is -2.15. The number of aromatic nitrogens is 4. The van der Waals surface area contributed by atoms with Gasteiger partial charge in [0.2, 0.25) is 0 Å². The predicted octanol–water partition coefficient (Wildman–Crippen LogP) is 3.20. The fraction of sp³-hybridized carbons (Fsp3) is 0.154. The topological polar surface area (TPSA) is 55.1 Å². The number of nitrogens with zero attached hydrogens (tertiary/aromatic N) is 4. The number of pyridine rings is 1. The van der Waals surface area contributed by atoms with Gasteiger partial charge < -0.3 is 5.32 Å². The molecule has 3 rings (SSSR count). The van der Waals surface area contributed by atoms with E-state index in [0.29, 0.717) is 5.82 Å². The number of rotatable bonds is 3. The highest BCUT2D eigenvalue weighted by Crippen LogP contribution is 2.26. The van der Waals surface area contributed by atoms with Crippen molar-refractivity contribution in [3.63, 3.8) is 0 Å². The third kappa shape index (κ3) is 2.36. The molecule has 0 radical (unpaired) electrons. The Bertz CT molecular complexity index is 757.